The quantitative estimate of drug-likeness (QED) is 0.680. The van der Waals surface area contributed by atoms with Crippen molar-refractivity contribution < 1.29 is 4.74 Å². The Morgan fingerprint density at radius 3 is 2.48 bits per heavy atom. The highest BCUT2D eigenvalue weighted by Crippen LogP contribution is 2.32. The normalized spacial score (nSPS) is 19.1. The number of ether oxygens (including phenoxy) is 1. The molecule has 2 aliphatic heterocycles. The van der Waals surface area contributed by atoms with Gasteiger partial charge in [0.05, 0.1) is 11.0 Å². The third-order valence-corrected chi connectivity index (χ3v) is 6.40. The molecule has 2 saturated heterocycles. The Morgan fingerprint density at radius 1 is 0.966 bits per heavy atom. The smallest absolute Gasteiger partial charge is 0.113 e. The lowest BCUT2D eigenvalue weighted by atomic mass is 9.99. The summed E-state index contributed by atoms with van der Waals surface area (Å²) in [5.74, 6) is 1.70. The summed E-state index contributed by atoms with van der Waals surface area (Å²) in [4.78, 5) is 10.0. The topological polar surface area (TPSA) is 33.5 Å². The Balaban J connectivity index is 1.55. The standard InChI is InChI=1S/C24H30N4O/c1-26-11-13-27(14-12-26)21-7-8-22-23(17-21)28(18-19-5-3-2-4-6-19)24(25-22)20-9-15-29-16-10-20/h2-8,17,20H,9-16,18H2,1H3. The molecule has 5 nitrogen and oxygen atoms in total. The van der Waals surface area contributed by atoms with E-state index in [1.807, 2.05) is 0 Å². The van der Waals surface area contributed by atoms with E-state index in [0.717, 1.165) is 64.3 Å². The summed E-state index contributed by atoms with van der Waals surface area (Å²) in [5.41, 5.74) is 5.01. The second kappa shape index (κ2) is 8.17. The maximum absolute atomic E-state index is 5.61. The van der Waals surface area contributed by atoms with Crippen LogP contribution in [0.15, 0.2) is 48.5 Å². The van der Waals surface area contributed by atoms with Crippen molar-refractivity contribution in [2.75, 3.05) is 51.3 Å². The van der Waals surface area contributed by atoms with Gasteiger partial charge in [0.15, 0.2) is 0 Å². The van der Waals surface area contributed by atoms with Gasteiger partial charge in [-0.1, -0.05) is 30.3 Å². The van der Waals surface area contributed by atoms with Gasteiger partial charge >= 0.3 is 0 Å². The number of hydrogen-bond donors (Lipinski definition) is 0. The molecule has 0 unspecified atom stereocenters. The Kier molecular flexibility index (Phi) is 5.25. The average Bonchev–Trinajstić information content (AvgIpc) is 3.13. The van der Waals surface area contributed by atoms with E-state index < -0.39 is 0 Å². The van der Waals surface area contributed by atoms with Crippen LogP contribution in [-0.2, 0) is 11.3 Å². The molecular formula is C24H30N4O. The number of hydrogen-bond acceptors (Lipinski definition) is 4. The van der Waals surface area contributed by atoms with E-state index >= 15 is 0 Å². The summed E-state index contributed by atoms with van der Waals surface area (Å²) < 4.78 is 8.07. The maximum atomic E-state index is 5.61. The molecule has 0 saturated carbocycles. The molecule has 2 aliphatic rings. The van der Waals surface area contributed by atoms with Crippen molar-refractivity contribution in [1.29, 1.82) is 0 Å². The van der Waals surface area contributed by atoms with Gasteiger partial charge in [-0.3, -0.25) is 0 Å². The van der Waals surface area contributed by atoms with Gasteiger partial charge < -0.3 is 19.1 Å². The molecule has 2 aromatic carbocycles. The number of anilines is 1. The number of aromatic nitrogens is 2. The second-order valence-electron chi connectivity index (χ2n) is 8.39. The minimum absolute atomic E-state index is 0.479. The molecule has 0 amide bonds. The fourth-order valence-electron chi connectivity index (χ4n) is 4.59. The van der Waals surface area contributed by atoms with Crippen LogP contribution in [-0.4, -0.2) is 60.9 Å². The lowest BCUT2D eigenvalue weighted by Gasteiger charge is -2.34. The number of benzene rings is 2. The summed E-state index contributed by atoms with van der Waals surface area (Å²) in [5, 5.41) is 0. The summed E-state index contributed by atoms with van der Waals surface area (Å²) >= 11 is 0. The SMILES string of the molecule is CN1CCN(c2ccc3nc(C4CCOCC4)n(Cc4ccccc4)c3c2)CC1. The molecule has 0 radical (unpaired) electrons. The summed E-state index contributed by atoms with van der Waals surface area (Å²) in [6, 6.07) is 17.6. The monoisotopic (exact) mass is 390 g/mol. The van der Waals surface area contributed by atoms with Gasteiger partial charge in [-0.25, -0.2) is 4.98 Å². The number of nitrogens with zero attached hydrogens (tertiary/aromatic N) is 4. The molecule has 0 aliphatic carbocycles. The molecule has 29 heavy (non-hydrogen) atoms. The molecule has 3 aromatic rings. The molecule has 0 atom stereocenters. The average molecular weight is 391 g/mol. The summed E-state index contributed by atoms with van der Waals surface area (Å²) in [6.45, 7) is 6.96. The van der Waals surface area contributed by atoms with Crippen molar-refractivity contribution in [2.24, 2.45) is 0 Å². The Morgan fingerprint density at radius 2 is 1.72 bits per heavy atom. The molecule has 5 rings (SSSR count). The largest absolute Gasteiger partial charge is 0.381 e. The fraction of sp³-hybridized carbons (Fsp3) is 0.458. The van der Waals surface area contributed by atoms with E-state index in [-0.39, 0.29) is 0 Å². The van der Waals surface area contributed by atoms with E-state index in [0.29, 0.717) is 5.92 Å². The van der Waals surface area contributed by atoms with Crippen molar-refractivity contribution in [2.45, 2.75) is 25.3 Å². The van der Waals surface area contributed by atoms with Gasteiger partial charge in [0.25, 0.3) is 0 Å². The van der Waals surface area contributed by atoms with Crippen LogP contribution in [0.3, 0.4) is 0 Å². The molecule has 1 aromatic heterocycles. The molecule has 3 heterocycles. The first-order chi connectivity index (χ1) is 14.3. The zero-order chi connectivity index (χ0) is 19.6. The molecular weight excluding hydrogens is 360 g/mol. The molecule has 5 heteroatoms. The van der Waals surface area contributed by atoms with E-state index in [1.165, 1.54) is 22.6 Å². The highest BCUT2D eigenvalue weighted by molar-refractivity contribution is 5.81. The van der Waals surface area contributed by atoms with E-state index in [4.69, 9.17) is 9.72 Å². The van der Waals surface area contributed by atoms with Gasteiger partial charge in [-0.15, -0.1) is 0 Å². The van der Waals surface area contributed by atoms with Crippen molar-refractivity contribution in [1.82, 2.24) is 14.5 Å². The highest BCUT2D eigenvalue weighted by atomic mass is 16.5. The van der Waals surface area contributed by atoms with Gasteiger partial charge in [-0.2, -0.15) is 0 Å². The van der Waals surface area contributed by atoms with Gasteiger partial charge in [0.2, 0.25) is 0 Å². The van der Waals surface area contributed by atoms with E-state index in [1.54, 1.807) is 0 Å². The molecule has 0 spiro atoms. The van der Waals surface area contributed by atoms with Crippen LogP contribution in [0.25, 0.3) is 11.0 Å². The predicted octanol–water partition coefficient (Wildman–Crippen LogP) is 3.73. The maximum Gasteiger partial charge on any atom is 0.113 e. The van der Waals surface area contributed by atoms with Crippen LogP contribution in [0.2, 0.25) is 0 Å². The van der Waals surface area contributed by atoms with Gasteiger partial charge in [0, 0.05) is 57.5 Å². The van der Waals surface area contributed by atoms with Crippen molar-refractivity contribution in [3.05, 3.63) is 59.9 Å². The van der Waals surface area contributed by atoms with Crippen LogP contribution in [0.5, 0.6) is 0 Å². The zero-order valence-corrected chi connectivity index (χ0v) is 17.3. The molecule has 2 fully saturated rings. The Hall–Kier alpha value is -2.37. The summed E-state index contributed by atoms with van der Waals surface area (Å²) in [7, 11) is 2.20. The van der Waals surface area contributed by atoms with Crippen molar-refractivity contribution in [3.8, 4) is 0 Å². The van der Waals surface area contributed by atoms with Crippen LogP contribution in [0.1, 0.15) is 30.1 Å². The van der Waals surface area contributed by atoms with Gasteiger partial charge in [-0.05, 0) is 43.7 Å². The number of imidazole rings is 1. The third kappa shape index (κ3) is 3.89. The Labute approximate surface area is 172 Å². The number of likely N-dealkylation sites (N-methyl/N-ethyl adjacent to an activating group) is 1. The number of piperazine rings is 1. The number of fused-ring (bicyclic) bond motifs is 1. The first-order valence-corrected chi connectivity index (χ1v) is 10.8. The van der Waals surface area contributed by atoms with Crippen LogP contribution >= 0.6 is 0 Å². The number of rotatable bonds is 4. The van der Waals surface area contributed by atoms with Crippen LogP contribution in [0, 0.1) is 0 Å². The van der Waals surface area contributed by atoms with Crippen LogP contribution in [0.4, 0.5) is 5.69 Å². The van der Waals surface area contributed by atoms with Crippen LogP contribution < -0.4 is 4.90 Å². The highest BCUT2D eigenvalue weighted by Gasteiger charge is 2.24. The second-order valence-corrected chi connectivity index (χ2v) is 8.39. The molecule has 0 bridgehead atoms. The molecule has 152 valence electrons. The van der Waals surface area contributed by atoms with E-state index in [2.05, 4.69) is 69.9 Å². The third-order valence-electron chi connectivity index (χ3n) is 6.40. The minimum atomic E-state index is 0.479. The predicted molar refractivity (Wildman–Crippen MR) is 118 cm³/mol. The lowest BCUT2D eigenvalue weighted by Crippen LogP contribution is -2.44. The fourth-order valence-corrected chi connectivity index (χ4v) is 4.59. The zero-order valence-electron chi connectivity index (χ0n) is 17.3. The first-order valence-electron chi connectivity index (χ1n) is 10.8. The molecule has 0 N–H and O–H groups in total. The van der Waals surface area contributed by atoms with Gasteiger partial charge in [0.1, 0.15) is 5.82 Å². The minimum Gasteiger partial charge on any atom is -0.381 e. The van der Waals surface area contributed by atoms with Crippen molar-refractivity contribution in [3.63, 3.8) is 0 Å². The van der Waals surface area contributed by atoms with E-state index in [9.17, 15) is 0 Å². The Bertz CT molecular complexity index is 954. The lowest BCUT2D eigenvalue weighted by molar-refractivity contribution is 0.0830. The van der Waals surface area contributed by atoms with Crippen molar-refractivity contribution >= 4 is 16.7 Å². The first kappa shape index (κ1) is 18.6. The summed E-state index contributed by atoms with van der Waals surface area (Å²) in [6.07, 6.45) is 2.12.